The van der Waals surface area contributed by atoms with Gasteiger partial charge in [0.05, 0.1) is 5.69 Å². The van der Waals surface area contributed by atoms with Crippen LogP contribution < -0.4 is 4.90 Å². The third kappa shape index (κ3) is 5.34. The van der Waals surface area contributed by atoms with Crippen molar-refractivity contribution in [1.82, 2.24) is 0 Å². The van der Waals surface area contributed by atoms with Gasteiger partial charge < -0.3 is 4.90 Å². The summed E-state index contributed by atoms with van der Waals surface area (Å²) in [6.45, 7) is 30.0. The van der Waals surface area contributed by atoms with Crippen molar-refractivity contribution in [3.05, 3.63) is 53.6 Å². The van der Waals surface area contributed by atoms with Crippen molar-refractivity contribution in [2.75, 3.05) is 11.4 Å². The second-order valence-corrected chi connectivity index (χ2v) is 10.7. The first kappa shape index (κ1) is 23.2. The summed E-state index contributed by atoms with van der Waals surface area (Å²) in [5, 5.41) is 0. The van der Waals surface area contributed by atoms with Crippen LogP contribution >= 0.6 is 0 Å². The van der Waals surface area contributed by atoms with Crippen molar-refractivity contribution in [3.63, 3.8) is 0 Å². The summed E-state index contributed by atoms with van der Waals surface area (Å²) in [7, 11) is 0. The van der Waals surface area contributed by atoms with Crippen LogP contribution in [0.3, 0.4) is 0 Å². The number of carbonyl (C=O) groups excluding carboxylic acids is 1. The summed E-state index contributed by atoms with van der Waals surface area (Å²) in [5.41, 5.74) is 5.04. The molecule has 2 heteroatoms. The van der Waals surface area contributed by atoms with E-state index in [0.29, 0.717) is 12.1 Å². The molecule has 150 valence electrons. The van der Waals surface area contributed by atoms with Crippen LogP contribution in [0.2, 0.25) is 0 Å². The molecule has 0 saturated carbocycles. The van der Waals surface area contributed by atoms with Crippen molar-refractivity contribution >= 4 is 11.6 Å². The third-order valence-corrected chi connectivity index (χ3v) is 4.78. The Bertz CT molecular complexity index is 698. The highest BCUT2D eigenvalue weighted by molar-refractivity contribution is 6.06. The highest BCUT2D eigenvalue weighted by atomic mass is 16.2. The highest BCUT2D eigenvalue weighted by Gasteiger charge is 2.33. The lowest BCUT2D eigenvalue weighted by Gasteiger charge is -2.37. The van der Waals surface area contributed by atoms with Crippen LogP contribution in [0.5, 0.6) is 0 Å². The maximum Gasteiger partial charge on any atom is 0.253 e. The van der Waals surface area contributed by atoms with E-state index in [0.717, 1.165) is 5.69 Å². The van der Waals surface area contributed by atoms with Gasteiger partial charge in [-0.1, -0.05) is 87.1 Å². The molecule has 1 aromatic rings. The minimum absolute atomic E-state index is 0.0279. The van der Waals surface area contributed by atoms with E-state index < -0.39 is 0 Å². The van der Waals surface area contributed by atoms with Crippen molar-refractivity contribution in [2.45, 2.75) is 85.5 Å². The quantitative estimate of drug-likeness (QED) is 0.428. The number of nitrogens with zero attached hydrogens (tertiary/aromatic N) is 1. The summed E-state index contributed by atoms with van der Waals surface area (Å²) >= 11 is 0. The largest absolute Gasteiger partial charge is 0.304 e. The second-order valence-electron chi connectivity index (χ2n) is 10.7. The molecular weight excluding hydrogens is 330 g/mol. The van der Waals surface area contributed by atoms with Gasteiger partial charge in [0.25, 0.3) is 5.91 Å². The first-order valence-corrected chi connectivity index (χ1v) is 9.79. The van der Waals surface area contributed by atoms with Gasteiger partial charge in [0.1, 0.15) is 0 Å². The molecule has 0 atom stereocenters. The molecule has 0 heterocycles. The molecule has 1 amide bonds. The van der Waals surface area contributed by atoms with E-state index in [9.17, 15) is 4.79 Å². The monoisotopic (exact) mass is 369 g/mol. The Morgan fingerprint density at radius 3 is 1.59 bits per heavy atom. The number of hydrogen-bond acceptors (Lipinski definition) is 1. The average Bonchev–Trinajstić information content (AvgIpc) is 2.48. The molecule has 0 aliphatic rings. The van der Waals surface area contributed by atoms with Crippen LogP contribution in [0, 0.1) is 0 Å². The van der Waals surface area contributed by atoms with Crippen molar-refractivity contribution in [2.24, 2.45) is 0 Å². The fraction of sp³-hybridized carbons (Fsp3) is 0.560. The molecule has 0 aliphatic carbocycles. The molecule has 27 heavy (non-hydrogen) atoms. The molecule has 0 N–H and O–H groups in total. The summed E-state index contributed by atoms with van der Waals surface area (Å²) in [5.74, 6) is -0.0468. The van der Waals surface area contributed by atoms with Crippen LogP contribution in [0.4, 0.5) is 5.69 Å². The maximum atomic E-state index is 13.1. The summed E-state index contributed by atoms with van der Waals surface area (Å²) in [6.07, 6.45) is 1.79. The standard InChI is InChI=1S/C25H39NO/c1-13-14-26(22(27)17(2)3)21-19(24(7,8)9)15-18(23(4,5)6)16-20(21)25(10,11)12/h13,15-16H,1-2,14H2,3-12H3. The molecule has 0 fully saturated rings. The number of rotatable bonds is 4. The molecular formula is C25H39NO. The Balaban J connectivity index is 4.06. The van der Waals surface area contributed by atoms with Gasteiger partial charge in [-0.05, 0) is 39.9 Å². The molecule has 1 aromatic carbocycles. The van der Waals surface area contributed by atoms with Gasteiger partial charge in [-0.2, -0.15) is 0 Å². The SMILES string of the molecule is C=CCN(C(=O)C(=C)C)c1c(C(C)(C)C)cc(C(C)(C)C)cc1C(C)(C)C. The zero-order chi connectivity index (χ0) is 21.4. The molecule has 0 saturated heterocycles. The normalized spacial score (nSPS) is 12.7. The van der Waals surface area contributed by atoms with Gasteiger partial charge in [0.15, 0.2) is 0 Å². The lowest BCUT2D eigenvalue weighted by atomic mass is 9.73. The molecule has 0 aliphatic heterocycles. The smallest absolute Gasteiger partial charge is 0.253 e. The van der Waals surface area contributed by atoms with E-state index in [-0.39, 0.29) is 22.2 Å². The lowest BCUT2D eigenvalue weighted by molar-refractivity contribution is -0.115. The van der Waals surface area contributed by atoms with Crippen LogP contribution in [0.15, 0.2) is 36.9 Å². The first-order chi connectivity index (χ1) is 12.0. The maximum absolute atomic E-state index is 13.1. The molecule has 0 spiro atoms. The van der Waals surface area contributed by atoms with E-state index >= 15 is 0 Å². The topological polar surface area (TPSA) is 20.3 Å². The number of benzene rings is 1. The highest BCUT2D eigenvalue weighted by Crippen LogP contribution is 2.43. The van der Waals surface area contributed by atoms with Gasteiger partial charge in [0.2, 0.25) is 0 Å². The summed E-state index contributed by atoms with van der Waals surface area (Å²) in [4.78, 5) is 14.9. The molecule has 0 bridgehead atoms. The Labute approximate surface area is 167 Å². The molecule has 2 nitrogen and oxygen atoms in total. The van der Waals surface area contributed by atoms with Gasteiger partial charge in [-0.25, -0.2) is 0 Å². The molecule has 1 rings (SSSR count). The predicted molar refractivity (Wildman–Crippen MR) is 120 cm³/mol. The van der Waals surface area contributed by atoms with Crippen LogP contribution in [-0.4, -0.2) is 12.5 Å². The van der Waals surface area contributed by atoms with Crippen molar-refractivity contribution < 1.29 is 4.79 Å². The van der Waals surface area contributed by atoms with Gasteiger partial charge in [0, 0.05) is 12.1 Å². The number of hydrogen-bond donors (Lipinski definition) is 0. The average molecular weight is 370 g/mol. The minimum Gasteiger partial charge on any atom is -0.304 e. The zero-order valence-corrected chi connectivity index (χ0v) is 19.2. The van der Waals surface area contributed by atoms with Gasteiger partial charge >= 0.3 is 0 Å². The van der Waals surface area contributed by atoms with Gasteiger partial charge in [-0.15, -0.1) is 6.58 Å². The fourth-order valence-corrected chi connectivity index (χ4v) is 3.14. The molecule has 0 aromatic heterocycles. The Hall–Kier alpha value is -1.83. The molecule has 0 radical (unpaired) electrons. The van der Waals surface area contributed by atoms with Crippen molar-refractivity contribution in [3.8, 4) is 0 Å². The van der Waals surface area contributed by atoms with E-state index in [1.165, 1.54) is 16.7 Å². The minimum atomic E-state index is -0.106. The van der Waals surface area contributed by atoms with E-state index in [4.69, 9.17) is 0 Å². The molecule has 0 unspecified atom stereocenters. The Kier molecular flexibility index (Phi) is 6.58. The van der Waals surface area contributed by atoms with Crippen LogP contribution in [0.25, 0.3) is 0 Å². The number of anilines is 1. The van der Waals surface area contributed by atoms with Crippen LogP contribution in [-0.2, 0) is 21.0 Å². The Morgan fingerprint density at radius 1 is 0.926 bits per heavy atom. The number of carbonyl (C=O) groups is 1. The van der Waals surface area contributed by atoms with E-state index in [1.807, 2.05) is 4.90 Å². The van der Waals surface area contributed by atoms with Crippen LogP contribution in [0.1, 0.15) is 85.9 Å². The second kappa shape index (κ2) is 7.66. The Morgan fingerprint density at radius 2 is 1.33 bits per heavy atom. The van der Waals surface area contributed by atoms with E-state index in [2.05, 4.69) is 87.6 Å². The lowest BCUT2D eigenvalue weighted by Crippen LogP contribution is -2.36. The third-order valence-electron chi connectivity index (χ3n) is 4.78. The first-order valence-electron chi connectivity index (χ1n) is 9.79. The van der Waals surface area contributed by atoms with E-state index in [1.54, 1.807) is 13.0 Å². The van der Waals surface area contributed by atoms with Crippen molar-refractivity contribution in [1.29, 1.82) is 0 Å². The summed E-state index contributed by atoms with van der Waals surface area (Å²) < 4.78 is 0. The van der Waals surface area contributed by atoms with Gasteiger partial charge in [-0.3, -0.25) is 4.79 Å². The summed E-state index contributed by atoms with van der Waals surface area (Å²) in [6, 6.07) is 4.57. The fourth-order valence-electron chi connectivity index (χ4n) is 3.14. The zero-order valence-electron chi connectivity index (χ0n) is 19.2. The number of amides is 1. The predicted octanol–water partition coefficient (Wildman–Crippen LogP) is 6.67.